The maximum Gasteiger partial charge on any atom is 0.134 e. The van der Waals surface area contributed by atoms with Gasteiger partial charge in [0, 0.05) is 5.56 Å². The molecule has 1 aliphatic rings. The molecule has 0 fully saturated rings. The molecular formula is C16H12O. The van der Waals surface area contributed by atoms with E-state index in [2.05, 4.69) is 30.3 Å². The highest BCUT2D eigenvalue weighted by molar-refractivity contribution is 6.00. The standard InChI is InChI=1S/C16H12O/c1-3-11-6-7-12-8-9-13(14(4-1)16(11)12)15-5-2-10-17-15/h1-5,8-10H,6-7H2. The first-order chi connectivity index (χ1) is 8.43. The van der Waals surface area contributed by atoms with E-state index in [0.717, 1.165) is 5.76 Å². The Morgan fingerprint density at radius 3 is 2.53 bits per heavy atom. The van der Waals surface area contributed by atoms with Gasteiger partial charge >= 0.3 is 0 Å². The molecule has 0 aliphatic heterocycles. The molecule has 3 aromatic rings. The van der Waals surface area contributed by atoms with E-state index in [1.54, 1.807) is 6.26 Å². The highest BCUT2D eigenvalue weighted by atomic mass is 16.3. The van der Waals surface area contributed by atoms with Gasteiger partial charge in [0.2, 0.25) is 0 Å². The highest BCUT2D eigenvalue weighted by Gasteiger charge is 2.16. The molecule has 82 valence electrons. The van der Waals surface area contributed by atoms with Crippen LogP contribution in [-0.2, 0) is 12.8 Å². The zero-order valence-corrected chi connectivity index (χ0v) is 9.44. The molecule has 1 aliphatic carbocycles. The van der Waals surface area contributed by atoms with Crippen LogP contribution in [0.25, 0.3) is 22.1 Å². The number of furan rings is 1. The summed E-state index contributed by atoms with van der Waals surface area (Å²) in [6.45, 7) is 0. The lowest BCUT2D eigenvalue weighted by Gasteiger charge is -2.06. The smallest absolute Gasteiger partial charge is 0.134 e. The third-order valence-electron chi connectivity index (χ3n) is 3.66. The molecule has 0 radical (unpaired) electrons. The Labute approximate surface area is 99.7 Å². The van der Waals surface area contributed by atoms with Crippen molar-refractivity contribution in [1.29, 1.82) is 0 Å². The molecular weight excluding hydrogens is 208 g/mol. The van der Waals surface area contributed by atoms with Crippen LogP contribution in [0.15, 0.2) is 53.1 Å². The van der Waals surface area contributed by atoms with E-state index in [9.17, 15) is 0 Å². The summed E-state index contributed by atoms with van der Waals surface area (Å²) in [4.78, 5) is 0. The summed E-state index contributed by atoms with van der Waals surface area (Å²) < 4.78 is 5.53. The Balaban J connectivity index is 2.14. The van der Waals surface area contributed by atoms with Crippen molar-refractivity contribution in [2.75, 3.05) is 0 Å². The number of benzene rings is 2. The summed E-state index contributed by atoms with van der Waals surface area (Å²) in [6, 6.07) is 15.0. The lowest BCUT2D eigenvalue weighted by molar-refractivity contribution is 0.583. The molecule has 0 unspecified atom stereocenters. The van der Waals surface area contributed by atoms with Crippen LogP contribution < -0.4 is 0 Å². The summed E-state index contributed by atoms with van der Waals surface area (Å²) in [5.74, 6) is 0.959. The fourth-order valence-corrected chi connectivity index (χ4v) is 2.89. The van der Waals surface area contributed by atoms with Crippen molar-refractivity contribution >= 4 is 10.8 Å². The van der Waals surface area contributed by atoms with Gasteiger partial charge in [0.05, 0.1) is 6.26 Å². The van der Waals surface area contributed by atoms with Crippen molar-refractivity contribution in [2.45, 2.75) is 12.8 Å². The molecule has 0 bridgehead atoms. The van der Waals surface area contributed by atoms with Gasteiger partial charge in [-0.2, -0.15) is 0 Å². The van der Waals surface area contributed by atoms with Crippen LogP contribution in [0.3, 0.4) is 0 Å². The first kappa shape index (κ1) is 9.06. The lowest BCUT2D eigenvalue weighted by atomic mass is 9.99. The summed E-state index contributed by atoms with van der Waals surface area (Å²) in [5, 5.41) is 2.77. The molecule has 17 heavy (non-hydrogen) atoms. The van der Waals surface area contributed by atoms with Crippen molar-refractivity contribution in [2.24, 2.45) is 0 Å². The third kappa shape index (κ3) is 1.19. The second kappa shape index (κ2) is 3.24. The van der Waals surface area contributed by atoms with E-state index in [1.807, 2.05) is 12.1 Å². The Morgan fingerprint density at radius 1 is 0.824 bits per heavy atom. The van der Waals surface area contributed by atoms with Crippen LogP contribution in [0.5, 0.6) is 0 Å². The summed E-state index contributed by atoms with van der Waals surface area (Å²) >= 11 is 0. The zero-order chi connectivity index (χ0) is 11.2. The van der Waals surface area contributed by atoms with Gasteiger partial charge in [0.15, 0.2) is 0 Å². The summed E-state index contributed by atoms with van der Waals surface area (Å²) in [7, 11) is 0. The minimum atomic E-state index is 0.959. The van der Waals surface area contributed by atoms with E-state index >= 15 is 0 Å². The van der Waals surface area contributed by atoms with E-state index in [4.69, 9.17) is 4.42 Å². The maximum absolute atomic E-state index is 5.53. The Bertz CT molecular complexity index is 683. The van der Waals surface area contributed by atoms with Crippen molar-refractivity contribution in [1.82, 2.24) is 0 Å². The molecule has 1 nitrogen and oxygen atoms in total. The minimum Gasteiger partial charge on any atom is -0.464 e. The van der Waals surface area contributed by atoms with Gasteiger partial charge in [-0.15, -0.1) is 0 Å². The first-order valence-corrected chi connectivity index (χ1v) is 6.01. The largest absolute Gasteiger partial charge is 0.464 e. The van der Waals surface area contributed by atoms with Gasteiger partial charge in [0.1, 0.15) is 5.76 Å². The molecule has 0 atom stereocenters. The Kier molecular flexibility index (Phi) is 1.72. The maximum atomic E-state index is 5.53. The molecule has 0 saturated carbocycles. The van der Waals surface area contributed by atoms with Crippen molar-refractivity contribution in [3.8, 4) is 11.3 Å². The van der Waals surface area contributed by atoms with Crippen LogP contribution in [0.4, 0.5) is 0 Å². The second-order valence-corrected chi connectivity index (χ2v) is 4.59. The van der Waals surface area contributed by atoms with Crippen LogP contribution in [0.2, 0.25) is 0 Å². The van der Waals surface area contributed by atoms with E-state index in [-0.39, 0.29) is 0 Å². The van der Waals surface area contributed by atoms with Crippen LogP contribution >= 0.6 is 0 Å². The molecule has 1 heterocycles. The van der Waals surface area contributed by atoms with Gasteiger partial charge in [0.25, 0.3) is 0 Å². The van der Waals surface area contributed by atoms with Gasteiger partial charge in [-0.3, -0.25) is 0 Å². The van der Waals surface area contributed by atoms with Crippen LogP contribution in [-0.4, -0.2) is 0 Å². The predicted octanol–water partition coefficient (Wildman–Crippen LogP) is 4.20. The fraction of sp³-hybridized carbons (Fsp3) is 0.125. The molecule has 0 amide bonds. The fourth-order valence-electron chi connectivity index (χ4n) is 2.89. The van der Waals surface area contributed by atoms with Gasteiger partial charge in [-0.1, -0.05) is 30.3 Å². The number of hydrogen-bond donors (Lipinski definition) is 0. The molecule has 1 aromatic heterocycles. The van der Waals surface area contributed by atoms with Crippen LogP contribution in [0, 0.1) is 0 Å². The summed E-state index contributed by atoms with van der Waals surface area (Å²) in [6.07, 6.45) is 4.08. The predicted molar refractivity (Wildman–Crippen MR) is 69.1 cm³/mol. The number of hydrogen-bond acceptors (Lipinski definition) is 1. The number of aryl methyl sites for hydroxylation is 2. The highest BCUT2D eigenvalue weighted by Crippen LogP contribution is 2.36. The summed E-state index contributed by atoms with van der Waals surface area (Å²) in [5.41, 5.74) is 4.16. The number of rotatable bonds is 1. The second-order valence-electron chi connectivity index (χ2n) is 4.59. The average Bonchev–Trinajstić information content (AvgIpc) is 3.00. The third-order valence-corrected chi connectivity index (χ3v) is 3.66. The first-order valence-electron chi connectivity index (χ1n) is 6.01. The molecule has 2 aromatic carbocycles. The van der Waals surface area contributed by atoms with Gasteiger partial charge < -0.3 is 4.42 Å². The van der Waals surface area contributed by atoms with Gasteiger partial charge in [-0.25, -0.2) is 0 Å². The SMILES string of the molecule is c1coc(-c2ccc3c4c(cccc24)CC3)c1. The molecule has 4 rings (SSSR count). The van der Waals surface area contributed by atoms with Gasteiger partial charge in [-0.05, 0) is 46.9 Å². The van der Waals surface area contributed by atoms with Crippen LogP contribution in [0.1, 0.15) is 11.1 Å². The van der Waals surface area contributed by atoms with Crippen molar-refractivity contribution in [3.05, 3.63) is 59.9 Å². The zero-order valence-electron chi connectivity index (χ0n) is 9.44. The molecule has 0 N–H and O–H groups in total. The Hall–Kier alpha value is -2.02. The lowest BCUT2D eigenvalue weighted by Crippen LogP contribution is -1.83. The van der Waals surface area contributed by atoms with E-state index in [0.29, 0.717) is 0 Å². The molecule has 0 saturated heterocycles. The molecule has 1 heteroatoms. The monoisotopic (exact) mass is 220 g/mol. The van der Waals surface area contributed by atoms with Crippen molar-refractivity contribution < 1.29 is 4.42 Å². The topological polar surface area (TPSA) is 13.1 Å². The minimum absolute atomic E-state index is 0.959. The van der Waals surface area contributed by atoms with Crippen molar-refractivity contribution in [3.63, 3.8) is 0 Å². The van der Waals surface area contributed by atoms with E-state index in [1.165, 1.54) is 40.3 Å². The molecule has 0 spiro atoms. The van der Waals surface area contributed by atoms with E-state index < -0.39 is 0 Å². The quantitative estimate of drug-likeness (QED) is 0.599. The normalized spacial score (nSPS) is 13.4. The Morgan fingerprint density at radius 2 is 1.71 bits per heavy atom. The average molecular weight is 220 g/mol.